The van der Waals surface area contributed by atoms with Gasteiger partial charge in [0, 0.05) is 17.6 Å². The highest BCUT2D eigenvalue weighted by molar-refractivity contribution is 7.99. The number of primary amides is 1. The summed E-state index contributed by atoms with van der Waals surface area (Å²) >= 11 is 1.58. The van der Waals surface area contributed by atoms with E-state index in [9.17, 15) is 4.79 Å². The van der Waals surface area contributed by atoms with E-state index < -0.39 is 11.9 Å². The first-order valence-electron chi connectivity index (χ1n) is 7.39. The number of hydrogen-bond donors (Lipinski definition) is 2. The Labute approximate surface area is 138 Å². The Morgan fingerprint density at radius 2 is 2.30 bits per heavy atom. The number of nitrogens with zero attached hydrogens (tertiary/aromatic N) is 4. The summed E-state index contributed by atoms with van der Waals surface area (Å²) in [6.07, 6.45) is 2.73. The minimum absolute atomic E-state index is 0.452. The van der Waals surface area contributed by atoms with Gasteiger partial charge in [0.2, 0.25) is 17.0 Å². The van der Waals surface area contributed by atoms with Crippen LogP contribution in [0.2, 0.25) is 0 Å². The molecule has 0 saturated carbocycles. The molecule has 1 atom stereocenters. The molecule has 0 saturated heterocycles. The van der Waals surface area contributed by atoms with E-state index in [1.807, 2.05) is 25.1 Å². The maximum atomic E-state index is 12.0. The Bertz CT molecular complexity index is 755. The summed E-state index contributed by atoms with van der Waals surface area (Å²) < 4.78 is 1.69. The number of amides is 1. The molecule has 1 aliphatic rings. The molecule has 3 N–H and O–H groups in total. The van der Waals surface area contributed by atoms with Gasteiger partial charge in [0.05, 0.1) is 11.3 Å². The van der Waals surface area contributed by atoms with Crippen molar-refractivity contribution in [2.24, 2.45) is 5.73 Å². The van der Waals surface area contributed by atoms with E-state index in [1.54, 1.807) is 22.6 Å². The molecular formula is C15H18N6OS. The fraction of sp³-hybridized carbons (Fsp3) is 0.333. The zero-order valence-corrected chi connectivity index (χ0v) is 13.8. The van der Waals surface area contributed by atoms with Crippen LogP contribution in [0.15, 0.2) is 40.8 Å². The van der Waals surface area contributed by atoms with E-state index in [0.29, 0.717) is 28.1 Å². The molecule has 2 aromatic heterocycles. The fourth-order valence-corrected chi connectivity index (χ4v) is 3.20. The number of anilines is 1. The summed E-state index contributed by atoms with van der Waals surface area (Å²) in [7, 11) is 0. The second-order valence-electron chi connectivity index (χ2n) is 5.20. The van der Waals surface area contributed by atoms with Gasteiger partial charge in [-0.1, -0.05) is 24.8 Å². The zero-order chi connectivity index (χ0) is 16.4. The van der Waals surface area contributed by atoms with Crippen molar-refractivity contribution in [1.29, 1.82) is 0 Å². The van der Waals surface area contributed by atoms with Crippen molar-refractivity contribution in [3.8, 4) is 0 Å². The first-order valence-corrected chi connectivity index (χ1v) is 8.38. The molecule has 7 nitrogen and oxygen atoms in total. The van der Waals surface area contributed by atoms with Gasteiger partial charge >= 0.3 is 0 Å². The Balaban J connectivity index is 2.09. The van der Waals surface area contributed by atoms with Crippen LogP contribution in [0, 0.1) is 0 Å². The van der Waals surface area contributed by atoms with Crippen molar-refractivity contribution in [3.05, 3.63) is 41.4 Å². The van der Waals surface area contributed by atoms with Gasteiger partial charge in [0.1, 0.15) is 6.04 Å². The molecule has 1 unspecified atom stereocenters. The lowest BCUT2D eigenvalue weighted by atomic mass is 9.99. The number of rotatable bonds is 5. The van der Waals surface area contributed by atoms with Crippen LogP contribution < -0.4 is 11.1 Å². The molecule has 23 heavy (non-hydrogen) atoms. The Hall–Kier alpha value is -2.35. The topological polar surface area (TPSA) is 98.7 Å². The number of carbonyl (C=O) groups excluding carboxylic acids is 1. The molecule has 0 radical (unpaired) electrons. The summed E-state index contributed by atoms with van der Waals surface area (Å²) in [5.74, 6) is 1.05. The standard InChI is InChI=1S/C15H18N6OS/c1-3-8-23-15-19-14-18-9(2)11(13(16)22)12(21(14)20-15)10-6-4-5-7-17-10/h4-7,12H,3,8H2,1-2H3,(H2,16,22)(H,18,19,20). The van der Waals surface area contributed by atoms with Crippen LogP contribution in [0.3, 0.4) is 0 Å². The molecule has 8 heteroatoms. The highest BCUT2D eigenvalue weighted by Gasteiger charge is 2.33. The smallest absolute Gasteiger partial charge is 0.248 e. The van der Waals surface area contributed by atoms with Crippen LogP contribution in [0.5, 0.6) is 0 Å². The predicted octanol–water partition coefficient (Wildman–Crippen LogP) is 1.95. The van der Waals surface area contributed by atoms with Crippen LogP contribution in [0.25, 0.3) is 0 Å². The molecule has 3 rings (SSSR count). The van der Waals surface area contributed by atoms with E-state index in [-0.39, 0.29) is 0 Å². The fourth-order valence-electron chi connectivity index (χ4n) is 2.52. The minimum atomic E-state index is -0.491. The van der Waals surface area contributed by atoms with Crippen molar-refractivity contribution in [2.75, 3.05) is 11.1 Å². The van der Waals surface area contributed by atoms with E-state index >= 15 is 0 Å². The van der Waals surface area contributed by atoms with Gasteiger partial charge in [-0.2, -0.15) is 4.98 Å². The van der Waals surface area contributed by atoms with Gasteiger partial charge in [0.15, 0.2) is 0 Å². The van der Waals surface area contributed by atoms with Crippen LogP contribution in [-0.4, -0.2) is 31.4 Å². The molecular weight excluding hydrogens is 312 g/mol. The molecule has 0 aliphatic carbocycles. The monoisotopic (exact) mass is 330 g/mol. The van der Waals surface area contributed by atoms with Crippen molar-refractivity contribution in [3.63, 3.8) is 0 Å². The molecule has 1 amide bonds. The average molecular weight is 330 g/mol. The normalized spacial score (nSPS) is 16.9. The summed E-state index contributed by atoms with van der Waals surface area (Å²) in [5.41, 5.74) is 7.44. The third kappa shape index (κ3) is 2.94. The maximum absolute atomic E-state index is 12.0. The first-order chi connectivity index (χ1) is 11.1. The second-order valence-corrected chi connectivity index (χ2v) is 6.26. The second kappa shape index (κ2) is 6.41. The van der Waals surface area contributed by atoms with Gasteiger partial charge in [0.25, 0.3) is 0 Å². The number of fused-ring (bicyclic) bond motifs is 1. The molecule has 2 aromatic rings. The van der Waals surface area contributed by atoms with E-state index in [1.165, 1.54) is 0 Å². The number of aromatic nitrogens is 4. The number of pyridine rings is 1. The van der Waals surface area contributed by atoms with Gasteiger partial charge < -0.3 is 11.1 Å². The lowest BCUT2D eigenvalue weighted by Crippen LogP contribution is -2.32. The maximum Gasteiger partial charge on any atom is 0.248 e. The first kappa shape index (κ1) is 15.5. The SMILES string of the molecule is CCCSc1nc2n(n1)C(c1ccccn1)C(C(N)=O)=C(C)N2. The number of carbonyl (C=O) groups is 1. The minimum Gasteiger partial charge on any atom is -0.366 e. The van der Waals surface area contributed by atoms with Crippen LogP contribution in [0.1, 0.15) is 32.0 Å². The highest BCUT2D eigenvalue weighted by Crippen LogP contribution is 2.34. The van der Waals surface area contributed by atoms with Gasteiger partial charge in [-0.25, -0.2) is 4.68 Å². The molecule has 0 spiro atoms. The third-order valence-corrected chi connectivity index (χ3v) is 4.55. The Kier molecular flexibility index (Phi) is 4.33. The van der Waals surface area contributed by atoms with Gasteiger partial charge in [-0.05, 0) is 25.5 Å². The summed E-state index contributed by atoms with van der Waals surface area (Å²) in [5, 5.41) is 8.33. The summed E-state index contributed by atoms with van der Waals surface area (Å²) in [6, 6.07) is 5.10. The van der Waals surface area contributed by atoms with Gasteiger partial charge in [-0.15, -0.1) is 5.10 Å². The largest absolute Gasteiger partial charge is 0.366 e. The van der Waals surface area contributed by atoms with Crippen LogP contribution >= 0.6 is 11.8 Å². The molecule has 120 valence electrons. The Morgan fingerprint density at radius 3 is 2.96 bits per heavy atom. The van der Waals surface area contributed by atoms with Gasteiger partial charge in [-0.3, -0.25) is 9.78 Å². The number of hydrogen-bond acceptors (Lipinski definition) is 6. The average Bonchev–Trinajstić information content (AvgIpc) is 2.94. The lowest BCUT2D eigenvalue weighted by molar-refractivity contribution is -0.115. The molecule has 0 aromatic carbocycles. The number of nitrogens with one attached hydrogen (secondary N) is 1. The lowest BCUT2D eigenvalue weighted by Gasteiger charge is -2.26. The quantitative estimate of drug-likeness (QED) is 0.813. The van der Waals surface area contributed by atoms with Crippen molar-refractivity contribution in [2.45, 2.75) is 31.5 Å². The van der Waals surface area contributed by atoms with Crippen molar-refractivity contribution >= 4 is 23.6 Å². The number of nitrogens with two attached hydrogens (primary N) is 1. The van der Waals surface area contributed by atoms with Crippen LogP contribution in [-0.2, 0) is 4.79 Å². The highest BCUT2D eigenvalue weighted by atomic mass is 32.2. The van der Waals surface area contributed by atoms with E-state index in [4.69, 9.17) is 5.73 Å². The molecule has 0 fully saturated rings. The summed E-state index contributed by atoms with van der Waals surface area (Å²) in [6.45, 7) is 3.92. The van der Waals surface area contributed by atoms with E-state index in [0.717, 1.165) is 12.2 Å². The van der Waals surface area contributed by atoms with Crippen LogP contribution in [0.4, 0.5) is 5.95 Å². The summed E-state index contributed by atoms with van der Waals surface area (Å²) in [4.78, 5) is 20.8. The van der Waals surface area contributed by atoms with Crippen molar-refractivity contribution in [1.82, 2.24) is 19.7 Å². The molecule has 3 heterocycles. The number of allylic oxidation sites excluding steroid dienone is 1. The van der Waals surface area contributed by atoms with E-state index in [2.05, 4.69) is 27.3 Å². The predicted molar refractivity (Wildman–Crippen MR) is 88.9 cm³/mol. The molecule has 1 aliphatic heterocycles. The van der Waals surface area contributed by atoms with Crippen molar-refractivity contribution < 1.29 is 4.79 Å². The number of thioether (sulfide) groups is 1. The Morgan fingerprint density at radius 1 is 1.48 bits per heavy atom. The zero-order valence-electron chi connectivity index (χ0n) is 13.0. The third-order valence-electron chi connectivity index (χ3n) is 3.50. The molecule has 0 bridgehead atoms.